The zero-order valence-electron chi connectivity index (χ0n) is 16.6. The molecule has 0 aliphatic carbocycles. The van der Waals surface area contributed by atoms with Gasteiger partial charge in [-0.25, -0.2) is 4.79 Å². The van der Waals surface area contributed by atoms with Gasteiger partial charge in [0.1, 0.15) is 11.8 Å². The summed E-state index contributed by atoms with van der Waals surface area (Å²) in [6.07, 6.45) is 1.67. The van der Waals surface area contributed by atoms with Crippen LogP contribution in [0.15, 0.2) is 48.5 Å². The van der Waals surface area contributed by atoms with E-state index in [0.29, 0.717) is 17.1 Å². The van der Waals surface area contributed by atoms with Crippen molar-refractivity contribution in [1.29, 1.82) is 0 Å². The number of nitrogens with one attached hydrogen (secondary N) is 1. The predicted octanol–water partition coefficient (Wildman–Crippen LogP) is 1.61. The first-order valence-electron chi connectivity index (χ1n) is 8.50. The molecule has 1 unspecified atom stereocenters. The average Bonchev–Trinajstić information content (AvgIpc) is 2.70. The number of rotatable bonds is 9. The number of aliphatic carboxylic acids is 1. The molecule has 2 rings (SSSR count). The molecule has 1 atom stereocenters. The van der Waals surface area contributed by atoms with Gasteiger partial charge in [0.25, 0.3) is 0 Å². The van der Waals surface area contributed by atoms with Gasteiger partial charge in [0.2, 0.25) is 5.91 Å². The summed E-state index contributed by atoms with van der Waals surface area (Å²) in [5.41, 5.74) is 1.43. The van der Waals surface area contributed by atoms with Crippen LogP contribution in [-0.2, 0) is 64.7 Å². The maximum atomic E-state index is 12.1. The number of hydrogen-bond acceptors (Lipinski definition) is 6. The molecule has 0 spiro atoms. The molecule has 0 aliphatic rings. The van der Waals surface area contributed by atoms with Gasteiger partial charge in [-0.1, -0.05) is 24.3 Å². The van der Waals surface area contributed by atoms with Crippen molar-refractivity contribution in [3.63, 3.8) is 0 Å². The number of carboxylic acids is 1. The summed E-state index contributed by atoms with van der Waals surface area (Å²) >= 11 is 0. The second-order valence-corrected chi connectivity index (χ2v) is 5.72. The van der Waals surface area contributed by atoms with Crippen molar-refractivity contribution in [3.05, 3.63) is 59.7 Å². The van der Waals surface area contributed by atoms with Crippen molar-refractivity contribution in [1.82, 2.24) is 5.32 Å². The predicted molar refractivity (Wildman–Crippen MR) is 104 cm³/mol. The Hall–Kier alpha value is -2.58. The zero-order chi connectivity index (χ0) is 21.6. The molecule has 0 aromatic heterocycles. The monoisotopic (exact) mass is 488 g/mol. The van der Waals surface area contributed by atoms with E-state index in [1.165, 1.54) is 31.8 Å². The molecule has 8 nitrogen and oxygen atoms in total. The molecule has 0 fully saturated rings. The van der Waals surface area contributed by atoms with Crippen LogP contribution in [0.25, 0.3) is 0 Å². The fraction of sp³-hybridized carbons (Fsp3) is 0.238. The Balaban J connectivity index is 0.00000198. The van der Waals surface area contributed by atoms with Crippen molar-refractivity contribution >= 4 is 24.6 Å². The van der Waals surface area contributed by atoms with Crippen molar-refractivity contribution in [3.8, 4) is 11.5 Å². The summed E-state index contributed by atoms with van der Waals surface area (Å²) in [6, 6.07) is 12.2. The number of methoxy groups -OCH3 is 1. The number of hydrogen-bond donors (Lipinski definition) is 2. The second kappa shape index (κ2) is 15.3. The summed E-state index contributed by atoms with van der Waals surface area (Å²) in [4.78, 5) is 42.4. The van der Waals surface area contributed by atoms with Crippen LogP contribution in [0.3, 0.4) is 0 Å². The third kappa shape index (κ3) is 10.3. The van der Waals surface area contributed by atoms with Crippen molar-refractivity contribution in [2.45, 2.75) is 25.8 Å². The first kappa shape index (κ1) is 27.4. The summed E-state index contributed by atoms with van der Waals surface area (Å²) in [7, 11) is 1.55. The Morgan fingerprint density at radius 3 is 1.97 bits per heavy atom. The molecule has 0 heterocycles. The molecule has 30 heavy (non-hydrogen) atoms. The fourth-order valence-corrected chi connectivity index (χ4v) is 2.35. The smallest absolute Gasteiger partial charge is 0.326 e. The average molecular weight is 488 g/mol. The van der Waals surface area contributed by atoms with E-state index < -0.39 is 17.9 Å². The molecule has 1 radical (unpaired) electrons. The molecule has 2 N–H and O–H groups in total. The van der Waals surface area contributed by atoms with E-state index in [4.69, 9.17) is 9.53 Å². The molecule has 0 saturated heterocycles. The van der Waals surface area contributed by atoms with E-state index in [-0.39, 0.29) is 45.6 Å². The van der Waals surface area contributed by atoms with Crippen LogP contribution in [0.4, 0.5) is 0 Å². The van der Waals surface area contributed by atoms with E-state index in [2.05, 4.69) is 10.1 Å². The maximum Gasteiger partial charge on any atom is 0.326 e. The quantitative estimate of drug-likeness (QED) is 0.515. The third-order valence-electron chi connectivity index (χ3n) is 3.68. The van der Waals surface area contributed by atoms with Gasteiger partial charge in [-0.2, -0.15) is 6.92 Å². The Morgan fingerprint density at radius 2 is 1.50 bits per heavy atom. The van der Waals surface area contributed by atoms with E-state index >= 15 is 0 Å². The molecule has 0 aliphatic heterocycles. The van der Waals surface area contributed by atoms with Crippen LogP contribution in [-0.4, -0.2) is 42.9 Å². The van der Waals surface area contributed by atoms with Gasteiger partial charge in [0.05, 0.1) is 13.5 Å². The summed E-state index contributed by atoms with van der Waals surface area (Å²) < 4.78 is 9.61. The Bertz CT molecular complexity index is 807. The van der Waals surface area contributed by atoms with Crippen LogP contribution >= 0.6 is 0 Å². The minimum absolute atomic E-state index is 0. The summed E-state index contributed by atoms with van der Waals surface area (Å²) in [5.74, 6) is -0.538. The third-order valence-corrected chi connectivity index (χ3v) is 3.68. The normalized spacial score (nSPS) is 10.2. The molecular formula is C21H21NO7Y-2. The molecule has 9 heteroatoms. The van der Waals surface area contributed by atoms with Crippen LogP contribution < -0.4 is 14.8 Å². The minimum atomic E-state index is -1.13. The van der Waals surface area contributed by atoms with Gasteiger partial charge in [-0.05, 0) is 29.0 Å². The van der Waals surface area contributed by atoms with Crippen LogP contribution in [0, 0.1) is 0 Å². The first-order chi connectivity index (χ1) is 13.9. The second-order valence-electron chi connectivity index (χ2n) is 5.72. The van der Waals surface area contributed by atoms with Crippen LogP contribution in [0.2, 0.25) is 0 Å². The van der Waals surface area contributed by atoms with Gasteiger partial charge in [-0.3, -0.25) is 11.1 Å². The largest absolute Gasteiger partial charge is 0.610 e. The Kier molecular flexibility index (Phi) is 14.0. The van der Waals surface area contributed by atoms with Gasteiger partial charge in [0, 0.05) is 39.1 Å². The fourth-order valence-electron chi connectivity index (χ4n) is 2.35. The SMILES string of the molecule is COc1ccc(CC(=O)NC(Cc2ccc(O[C-]=O)cc2)C(=O)O)cc1.C[C-]=O.[Y]. The minimum Gasteiger partial charge on any atom is -0.610 e. The standard InChI is InChI=1S/C19H18NO6.C2H3O.Y/c1-25-15-6-2-14(3-7-15)11-18(22)20-17(19(23)24)10-13-4-8-16(9-5-13)26-12-21;1-2-3;/h2-9,17H,10-11H2,1H3,(H,20,22)(H,23,24);1H3;/q2*-1;. The number of benzene rings is 2. The molecular weight excluding hydrogens is 467 g/mol. The van der Waals surface area contributed by atoms with Gasteiger partial charge in [0.15, 0.2) is 6.47 Å². The number of amides is 1. The van der Waals surface area contributed by atoms with Gasteiger partial charge >= 0.3 is 5.97 Å². The van der Waals surface area contributed by atoms with Gasteiger partial charge in [-0.15, -0.1) is 12.1 Å². The van der Waals surface area contributed by atoms with Crippen LogP contribution in [0.1, 0.15) is 18.1 Å². The molecule has 157 valence electrons. The molecule has 0 saturated carbocycles. The molecule has 0 bridgehead atoms. The van der Waals surface area contributed by atoms with Gasteiger partial charge < -0.3 is 29.5 Å². The molecule has 1 amide bonds. The van der Waals surface area contributed by atoms with E-state index in [9.17, 15) is 19.5 Å². The summed E-state index contributed by atoms with van der Waals surface area (Å²) in [5, 5.41) is 11.9. The van der Waals surface area contributed by atoms with Crippen molar-refractivity contribution in [2.24, 2.45) is 0 Å². The van der Waals surface area contributed by atoms with Crippen molar-refractivity contribution < 1.29 is 66.5 Å². The summed E-state index contributed by atoms with van der Waals surface area (Å²) in [6.45, 7) is 2.63. The molecule has 2 aromatic carbocycles. The van der Waals surface area contributed by atoms with E-state index in [1.54, 1.807) is 43.5 Å². The molecule has 2 aromatic rings. The number of ether oxygens (including phenoxy) is 2. The van der Waals surface area contributed by atoms with E-state index in [0.717, 1.165) is 5.56 Å². The maximum absolute atomic E-state index is 12.1. The topological polar surface area (TPSA) is 119 Å². The Labute approximate surface area is 199 Å². The van der Waals surface area contributed by atoms with E-state index in [1.807, 2.05) is 0 Å². The number of carboxylic acid groups (broad SMARTS) is 1. The van der Waals surface area contributed by atoms with Crippen molar-refractivity contribution in [2.75, 3.05) is 7.11 Å². The number of carbonyl (C=O) groups is 2. The van der Waals surface area contributed by atoms with Crippen LogP contribution in [0.5, 0.6) is 11.5 Å². The zero-order valence-corrected chi connectivity index (χ0v) is 19.4. The Morgan fingerprint density at radius 1 is 1.00 bits per heavy atom. The number of carbonyl (C=O) groups excluding carboxylic acids is 3. The first-order valence-corrected chi connectivity index (χ1v) is 8.50.